The maximum absolute atomic E-state index is 4.78. The van der Waals surface area contributed by atoms with Crippen molar-refractivity contribution in [1.29, 1.82) is 0 Å². The fourth-order valence-electron chi connectivity index (χ4n) is 2.39. The van der Waals surface area contributed by atoms with E-state index in [1.54, 1.807) is 11.8 Å². The summed E-state index contributed by atoms with van der Waals surface area (Å²) in [6.07, 6.45) is 8.44. The summed E-state index contributed by atoms with van der Waals surface area (Å²) in [5.74, 6) is 0.517. The van der Waals surface area contributed by atoms with E-state index in [0.717, 1.165) is 34.1 Å². The molecule has 2 aromatic heterocycles. The molecule has 18 heavy (non-hydrogen) atoms. The van der Waals surface area contributed by atoms with Crippen molar-refractivity contribution < 1.29 is 0 Å². The lowest BCUT2D eigenvalue weighted by Gasteiger charge is -2.22. The Bertz CT molecular complexity index is 562. The van der Waals surface area contributed by atoms with E-state index < -0.39 is 0 Å². The van der Waals surface area contributed by atoms with E-state index in [1.807, 2.05) is 12.5 Å². The summed E-state index contributed by atoms with van der Waals surface area (Å²) in [6, 6.07) is 0. The molecule has 0 radical (unpaired) electrons. The van der Waals surface area contributed by atoms with Gasteiger partial charge in [-0.3, -0.25) is 4.40 Å². The van der Waals surface area contributed by atoms with Gasteiger partial charge in [-0.05, 0) is 41.6 Å². The summed E-state index contributed by atoms with van der Waals surface area (Å²) in [7, 11) is 0. The van der Waals surface area contributed by atoms with Gasteiger partial charge in [0.2, 0.25) is 0 Å². The molecule has 0 spiro atoms. The number of rotatable bonds is 2. The Morgan fingerprint density at radius 1 is 1.56 bits per heavy atom. The van der Waals surface area contributed by atoms with Crippen molar-refractivity contribution in [3.05, 3.63) is 22.7 Å². The van der Waals surface area contributed by atoms with Crippen LogP contribution in [0.2, 0.25) is 0 Å². The minimum atomic E-state index is 0.517. The predicted molar refractivity (Wildman–Crippen MR) is 77.3 cm³/mol. The lowest BCUT2D eigenvalue weighted by atomic mass is 9.96. The highest BCUT2D eigenvalue weighted by atomic mass is 79.9. The third kappa shape index (κ3) is 2.17. The number of hydrogen-bond donors (Lipinski definition) is 1. The Labute approximate surface area is 119 Å². The highest BCUT2D eigenvalue weighted by molar-refractivity contribution is 9.10. The van der Waals surface area contributed by atoms with E-state index in [-0.39, 0.29) is 0 Å². The molecule has 3 heterocycles. The molecule has 1 aliphatic rings. The molecular formula is C12H15BrN4S. The molecule has 2 aromatic rings. The molecule has 96 valence electrons. The van der Waals surface area contributed by atoms with Crippen molar-refractivity contribution >= 4 is 33.3 Å². The van der Waals surface area contributed by atoms with Crippen molar-refractivity contribution in [1.82, 2.24) is 19.7 Å². The van der Waals surface area contributed by atoms with Gasteiger partial charge < -0.3 is 5.32 Å². The first kappa shape index (κ1) is 12.4. The molecule has 4 nitrogen and oxygen atoms in total. The van der Waals surface area contributed by atoms with E-state index >= 15 is 0 Å². The minimum Gasteiger partial charge on any atom is -0.316 e. The first-order valence-electron chi connectivity index (χ1n) is 6.08. The van der Waals surface area contributed by atoms with Gasteiger partial charge in [-0.1, -0.05) is 0 Å². The first-order valence-corrected chi connectivity index (χ1v) is 8.09. The molecular weight excluding hydrogens is 312 g/mol. The fraction of sp³-hybridized carbons (Fsp3) is 0.500. The maximum Gasteiger partial charge on any atom is 0.170 e. The molecule has 3 rings (SSSR count). The Morgan fingerprint density at radius 3 is 3.17 bits per heavy atom. The molecule has 1 aliphatic heterocycles. The third-order valence-electron chi connectivity index (χ3n) is 3.34. The van der Waals surface area contributed by atoms with Gasteiger partial charge >= 0.3 is 0 Å². The zero-order chi connectivity index (χ0) is 12.5. The molecule has 0 aliphatic carbocycles. The number of nitrogens with zero attached hydrogens (tertiary/aromatic N) is 3. The average Bonchev–Trinajstić information content (AvgIpc) is 2.81. The van der Waals surface area contributed by atoms with Crippen LogP contribution in [0.5, 0.6) is 0 Å². The summed E-state index contributed by atoms with van der Waals surface area (Å²) < 4.78 is 3.07. The van der Waals surface area contributed by atoms with Crippen LogP contribution in [-0.4, -0.2) is 33.7 Å². The smallest absolute Gasteiger partial charge is 0.170 e. The number of imidazole rings is 1. The van der Waals surface area contributed by atoms with Crippen molar-refractivity contribution in [3.63, 3.8) is 0 Å². The number of thioether (sulfide) groups is 1. The van der Waals surface area contributed by atoms with E-state index in [9.17, 15) is 0 Å². The summed E-state index contributed by atoms with van der Waals surface area (Å²) in [5, 5.41) is 4.45. The van der Waals surface area contributed by atoms with E-state index in [1.165, 1.54) is 12.8 Å². The van der Waals surface area contributed by atoms with Gasteiger partial charge in [0.05, 0.1) is 11.9 Å². The van der Waals surface area contributed by atoms with Crippen LogP contribution in [0.4, 0.5) is 0 Å². The van der Waals surface area contributed by atoms with Crippen LogP contribution in [0, 0.1) is 0 Å². The summed E-state index contributed by atoms with van der Waals surface area (Å²) in [5.41, 5.74) is 2.10. The second kappa shape index (κ2) is 5.19. The van der Waals surface area contributed by atoms with Gasteiger partial charge in [0.1, 0.15) is 9.63 Å². The van der Waals surface area contributed by atoms with Gasteiger partial charge in [0, 0.05) is 18.7 Å². The van der Waals surface area contributed by atoms with Crippen LogP contribution in [0.25, 0.3) is 5.65 Å². The molecule has 6 heteroatoms. The topological polar surface area (TPSA) is 42.2 Å². The van der Waals surface area contributed by atoms with Crippen LogP contribution in [0.3, 0.4) is 0 Å². The summed E-state index contributed by atoms with van der Waals surface area (Å²) in [4.78, 5) is 9.17. The van der Waals surface area contributed by atoms with Crippen LogP contribution >= 0.6 is 27.7 Å². The summed E-state index contributed by atoms with van der Waals surface area (Å²) in [6.45, 7) is 2.15. The van der Waals surface area contributed by atoms with Crippen LogP contribution < -0.4 is 5.32 Å². The van der Waals surface area contributed by atoms with Gasteiger partial charge in [0.15, 0.2) is 5.65 Å². The van der Waals surface area contributed by atoms with Gasteiger partial charge in [-0.25, -0.2) is 9.97 Å². The monoisotopic (exact) mass is 326 g/mol. The second-order valence-electron chi connectivity index (χ2n) is 4.49. The van der Waals surface area contributed by atoms with E-state index in [2.05, 4.69) is 36.8 Å². The predicted octanol–water partition coefficient (Wildman–Crippen LogP) is 2.68. The van der Waals surface area contributed by atoms with E-state index in [0.29, 0.717) is 5.92 Å². The van der Waals surface area contributed by atoms with Crippen LogP contribution in [-0.2, 0) is 0 Å². The molecule has 1 unspecified atom stereocenters. The molecule has 1 atom stereocenters. The van der Waals surface area contributed by atoms with Gasteiger partial charge in [0.25, 0.3) is 0 Å². The molecule has 0 amide bonds. The minimum absolute atomic E-state index is 0.517. The number of aromatic nitrogens is 3. The standard InChI is InChI=1S/C12H15BrN4S/c1-18-12-11-15-6-10(13)17(11)7-9(16-12)8-3-2-4-14-5-8/h6-8,14H,2-5H2,1H3. The van der Waals surface area contributed by atoms with Gasteiger partial charge in [-0.15, -0.1) is 11.8 Å². The first-order chi connectivity index (χ1) is 8.79. The number of piperidine rings is 1. The highest BCUT2D eigenvalue weighted by Crippen LogP contribution is 2.27. The highest BCUT2D eigenvalue weighted by Gasteiger charge is 2.19. The Kier molecular flexibility index (Phi) is 3.59. The zero-order valence-corrected chi connectivity index (χ0v) is 12.6. The normalized spacial score (nSPS) is 20.4. The Balaban J connectivity index is 2.08. The average molecular weight is 327 g/mol. The van der Waals surface area contributed by atoms with E-state index in [4.69, 9.17) is 4.98 Å². The fourth-order valence-corrected chi connectivity index (χ4v) is 3.29. The maximum atomic E-state index is 4.78. The van der Waals surface area contributed by atoms with Crippen molar-refractivity contribution in [2.75, 3.05) is 19.3 Å². The lowest BCUT2D eigenvalue weighted by Crippen LogP contribution is -2.29. The molecule has 0 bridgehead atoms. The third-order valence-corrected chi connectivity index (χ3v) is 4.59. The molecule has 0 saturated carbocycles. The number of nitrogens with one attached hydrogen (secondary N) is 1. The number of hydrogen-bond acceptors (Lipinski definition) is 4. The quantitative estimate of drug-likeness (QED) is 0.861. The zero-order valence-electron chi connectivity index (χ0n) is 10.2. The SMILES string of the molecule is CSc1nc(C2CCCNC2)cn2c(Br)cnc12. The van der Waals surface area contributed by atoms with Crippen molar-refractivity contribution in [2.24, 2.45) is 0 Å². The largest absolute Gasteiger partial charge is 0.316 e. The van der Waals surface area contributed by atoms with Crippen LogP contribution in [0.1, 0.15) is 24.5 Å². The summed E-state index contributed by atoms with van der Waals surface area (Å²) >= 11 is 5.19. The van der Waals surface area contributed by atoms with Crippen molar-refractivity contribution in [2.45, 2.75) is 23.8 Å². The number of halogens is 1. The molecule has 1 saturated heterocycles. The number of fused-ring (bicyclic) bond motifs is 1. The second-order valence-corrected chi connectivity index (χ2v) is 6.10. The van der Waals surface area contributed by atoms with Gasteiger partial charge in [-0.2, -0.15) is 0 Å². The van der Waals surface area contributed by atoms with Crippen LogP contribution in [0.15, 0.2) is 22.0 Å². The molecule has 0 aromatic carbocycles. The Hall–Kier alpha value is -0.590. The van der Waals surface area contributed by atoms with Crippen molar-refractivity contribution in [3.8, 4) is 0 Å². The molecule has 1 N–H and O–H groups in total. The Morgan fingerprint density at radius 2 is 2.44 bits per heavy atom. The lowest BCUT2D eigenvalue weighted by molar-refractivity contribution is 0.451. The molecule has 1 fully saturated rings.